The van der Waals surface area contributed by atoms with Gasteiger partial charge >= 0.3 is 0 Å². The quantitative estimate of drug-likeness (QED) is 0.845. The van der Waals surface area contributed by atoms with E-state index in [0.717, 1.165) is 43.6 Å². The highest BCUT2D eigenvalue weighted by atomic mass is 16.2. The minimum Gasteiger partial charge on any atom is -0.338 e. The molecule has 1 amide bonds. The van der Waals surface area contributed by atoms with Gasteiger partial charge in [-0.1, -0.05) is 0 Å². The monoisotopic (exact) mass is 329 g/mol. The van der Waals surface area contributed by atoms with E-state index in [1.807, 2.05) is 31.0 Å². The second-order valence-electron chi connectivity index (χ2n) is 6.87. The zero-order valence-corrected chi connectivity index (χ0v) is 14.9. The molecule has 0 saturated carbocycles. The number of aromatic nitrogens is 4. The smallest absolute Gasteiger partial charge is 0.223 e. The van der Waals surface area contributed by atoms with Crippen molar-refractivity contribution < 1.29 is 4.79 Å². The Balaban J connectivity index is 1.62. The SMILES string of the molecule is Cc1cc(C)n(C[C@@H]2CCCCN2C(=O)CCc2cnn(C)c2)n1. The maximum atomic E-state index is 12.7. The minimum atomic E-state index is 0.255. The van der Waals surface area contributed by atoms with Crippen LogP contribution in [-0.4, -0.2) is 43.0 Å². The van der Waals surface area contributed by atoms with E-state index in [1.165, 1.54) is 12.1 Å². The minimum absolute atomic E-state index is 0.255. The zero-order chi connectivity index (χ0) is 17.1. The van der Waals surface area contributed by atoms with E-state index in [4.69, 9.17) is 0 Å². The molecule has 130 valence electrons. The molecule has 3 rings (SSSR count). The van der Waals surface area contributed by atoms with Crippen molar-refractivity contribution in [2.75, 3.05) is 6.54 Å². The lowest BCUT2D eigenvalue weighted by atomic mass is 10.0. The topological polar surface area (TPSA) is 56.0 Å². The first kappa shape index (κ1) is 16.7. The summed E-state index contributed by atoms with van der Waals surface area (Å²) in [7, 11) is 1.90. The van der Waals surface area contributed by atoms with Crippen LogP contribution in [-0.2, 0) is 24.8 Å². The van der Waals surface area contributed by atoms with E-state index < -0.39 is 0 Å². The summed E-state index contributed by atoms with van der Waals surface area (Å²) in [5.41, 5.74) is 3.33. The summed E-state index contributed by atoms with van der Waals surface area (Å²) in [5, 5.41) is 8.73. The summed E-state index contributed by atoms with van der Waals surface area (Å²) >= 11 is 0. The van der Waals surface area contributed by atoms with E-state index in [0.29, 0.717) is 6.42 Å². The van der Waals surface area contributed by atoms with Crippen molar-refractivity contribution in [3.63, 3.8) is 0 Å². The molecule has 0 radical (unpaired) electrons. The predicted molar refractivity (Wildman–Crippen MR) is 92.6 cm³/mol. The first-order chi connectivity index (χ1) is 11.5. The first-order valence-electron chi connectivity index (χ1n) is 8.81. The summed E-state index contributed by atoms with van der Waals surface area (Å²) in [6.45, 7) is 5.77. The van der Waals surface area contributed by atoms with Gasteiger partial charge in [-0.25, -0.2) is 0 Å². The molecule has 0 aromatic carbocycles. The number of aryl methyl sites for hydroxylation is 4. The molecule has 1 fully saturated rings. The molecular weight excluding hydrogens is 302 g/mol. The second kappa shape index (κ2) is 7.20. The summed E-state index contributed by atoms with van der Waals surface area (Å²) in [6, 6.07) is 2.36. The number of carbonyl (C=O) groups excluding carboxylic acids is 1. The first-order valence-corrected chi connectivity index (χ1v) is 8.81. The lowest BCUT2D eigenvalue weighted by Gasteiger charge is -2.36. The van der Waals surface area contributed by atoms with Crippen molar-refractivity contribution in [3.05, 3.63) is 35.4 Å². The molecule has 2 aromatic heterocycles. The van der Waals surface area contributed by atoms with Crippen LogP contribution in [0.3, 0.4) is 0 Å². The lowest BCUT2D eigenvalue weighted by molar-refractivity contribution is -0.135. The summed E-state index contributed by atoms with van der Waals surface area (Å²) in [6.07, 6.45) is 8.50. The van der Waals surface area contributed by atoms with Crippen LogP contribution < -0.4 is 0 Å². The fourth-order valence-corrected chi connectivity index (χ4v) is 3.57. The standard InChI is InChI=1S/C18H27N5O/c1-14-10-15(2)23(20-14)13-17-6-4-5-9-22(17)18(24)8-7-16-11-19-21(3)12-16/h10-12,17H,4-9,13H2,1-3H3/t17-/m0/s1. The Labute approximate surface area is 143 Å². The van der Waals surface area contributed by atoms with Gasteiger partial charge in [-0.15, -0.1) is 0 Å². The Hall–Kier alpha value is -2.11. The highest BCUT2D eigenvalue weighted by Gasteiger charge is 2.27. The van der Waals surface area contributed by atoms with Crippen LogP contribution in [0.4, 0.5) is 0 Å². The number of nitrogens with zero attached hydrogens (tertiary/aromatic N) is 5. The fraction of sp³-hybridized carbons (Fsp3) is 0.611. The van der Waals surface area contributed by atoms with Crippen LogP contribution in [0.15, 0.2) is 18.5 Å². The molecule has 1 aliphatic rings. The van der Waals surface area contributed by atoms with Crippen LogP contribution in [0.1, 0.15) is 42.6 Å². The van der Waals surface area contributed by atoms with Gasteiger partial charge in [-0.05, 0) is 51.2 Å². The van der Waals surface area contributed by atoms with Gasteiger partial charge in [0.1, 0.15) is 0 Å². The molecule has 0 aliphatic carbocycles. The largest absolute Gasteiger partial charge is 0.338 e. The third-order valence-corrected chi connectivity index (χ3v) is 4.82. The maximum absolute atomic E-state index is 12.7. The number of rotatable bonds is 5. The molecule has 24 heavy (non-hydrogen) atoms. The Morgan fingerprint density at radius 1 is 1.33 bits per heavy atom. The summed E-state index contributed by atoms with van der Waals surface area (Å²) in [4.78, 5) is 14.8. The normalized spacial score (nSPS) is 18.1. The second-order valence-corrected chi connectivity index (χ2v) is 6.87. The van der Waals surface area contributed by atoms with Crippen molar-refractivity contribution in [1.29, 1.82) is 0 Å². The van der Waals surface area contributed by atoms with E-state index in [-0.39, 0.29) is 11.9 Å². The van der Waals surface area contributed by atoms with E-state index in [2.05, 4.69) is 28.1 Å². The third kappa shape index (κ3) is 3.86. The molecule has 3 heterocycles. The molecule has 0 N–H and O–H groups in total. The average molecular weight is 329 g/mol. The molecular formula is C18H27N5O. The Bertz CT molecular complexity index is 702. The molecule has 1 saturated heterocycles. The van der Waals surface area contributed by atoms with Crippen molar-refractivity contribution >= 4 is 5.91 Å². The number of piperidine rings is 1. The van der Waals surface area contributed by atoms with Crippen LogP contribution in [0.25, 0.3) is 0 Å². The molecule has 0 bridgehead atoms. The van der Waals surface area contributed by atoms with Gasteiger partial charge in [-0.3, -0.25) is 14.2 Å². The van der Waals surface area contributed by atoms with E-state index in [1.54, 1.807) is 4.68 Å². The van der Waals surface area contributed by atoms with Gasteiger partial charge in [0, 0.05) is 31.9 Å². The van der Waals surface area contributed by atoms with E-state index in [9.17, 15) is 4.79 Å². The van der Waals surface area contributed by atoms with Crippen LogP contribution in [0, 0.1) is 13.8 Å². The number of hydrogen-bond donors (Lipinski definition) is 0. The van der Waals surface area contributed by atoms with Gasteiger partial charge in [0.25, 0.3) is 0 Å². The van der Waals surface area contributed by atoms with Gasteiger partial charge in [0.05, 0.1) is 24.5 Å². The molecule has 1 aliphatic heterocycles. The number of hydrogen-bond acceptors (Lipinski definition) is 3. The van der Waals surface area contributed by atoms with Crippen molar-refractivity contribution in [2.24, 2.45) is 7.05 Å². The molecule has 0 spiro atoms. The van der Waals surface area contributed by atoms with Gasteiger partial charge in [-0.2, -0.15) is 10.2 Å². The van der Waals surface area contributed by atoms with Crippen LogP contribution >= 0.6 is 0 Å². The Kier molecular flexibility index (Phi) is 5.02. The van der Waals surface area contributed by atoms with Crippen LogP contribution in [0.5, 0.6) is 0 Å². The summed E-state index contributed by atoms with van der Waals surface area (Å²) in [5.74, 6) is 0.255. The summed E-state index contributed by atoms with van der Waals surface area (Å²) < 4.78 is 3.83. The van der Waals surface area contributed by atoms with Crippen molar-refractivity contribution in [1.82, 2.24) is 24.5 Å². The average Bonchev–Trinajstić information content (AvgIpc) is 3.11. The molecule has 2 aromatic rings. The number of likely N-dealkylation sites (tertiary alicyclic amines) is 1. The number of amides is 1. The predicted octanol–water partition coefficient (Wildman–Crippen LogP) is 2.25. The maximum Gasteiger partial charge on any atom is 0.223 e. The van der Waals surface area contributed by atoms with E-state index >= 15 is 0 Å². The van der Waals surface area contributed by atoms with Crippen molar-refractivity contribution in [2.45, 2.75) is 58.5 Å². The molecule has 6 nitrogen and oxygen atoms in total. The fourth-order valence-electron chi connectivity index (χ4n) is 3.57. The third-order valence-electron chi connectivity index (χ3n) is 4.82. The Morgan fingerprint density at radius 3 is 2.83 bits per heavy atom. The van der Waals surface area contributed by atoms with Gasteiger partial charge in [0.15, 0.2) is 0 Å². The van der Waals surface area contributed by atoms with Gasteiger partial charge in [0.2, 0.25) is 5.91 Å². The highest BCUT2D eigenvalue weighted by molar-refractivity contribution is 5.76. The molecule has 0 unspecified atom stereocenters. The highest BCUT2D eigenvalue weighted by Crippen LogP contribution is 2.21. The zero-order valence-electron chi connectivity index (χ0n) is 14.9. The van der Waals surface area contributed by atoms with Gasteiger partial charge < -0.3 is 4.90 Å². The number of carbonyl (C=O) groups is 1. The van der Waals surface area contributed by atoms with Crippen molar-refractivity contribution in [3.8, 4) is 0 Å². The molecule has 1 atom stereocenters. The molecule has 6 heteroatoms. The Morgan fingerprint density at radius 2 is 2.17 bits per heavy atom. The van der Waals surface area contributed by atoms with Crippen LogP contribution in [0.2, 0.25) is 0 Å². The lowest BCUT2D eigenvalue weighted by Crippen LogP contribution is -2.46.